The van der Waals surface area contributed by atoms with Gasteiger partial charge in [0.15, 0.2) is 0 Å². The summed E-state index contributed by atoms with van der Waals surface area (Å²) in [5.41, 5.74) is 0. The van der Waals surface area contributed by atoms with Crippen LogP contribution < -0.4 is 0 Å². The standard InChI is InChI=1S/C18H27N3O3/c1-21-6-9-24-15-18-11-16(13-22-7-2-4-19)10-17(12-18)14-23-8-3-5-20/h16-18H,2-3,6-15H2. The van der Waals surface area contributed by atoms with Gasteiger partial charge in [-0.15, -0.1) is 0 Å². The van der Waals surface area contributed by atoms with Crippen molar-refractivity contribution in [2.75, 3.05) is 46.2 Å². The second-order valence-corrected chi connectivity index (χ2v) is 6.23. The zero-order chi connectivity index (χ0) is 17.5. The van der Waals surface area contributed by atoms with Crippen LogP contribution >= 0.6 is 0 Å². The molecule has 1 fully saturated rings. The second kappa shape index (κ2) is 13.8. The van der Waals surface area contributed by atoms with Gasteiger partial charge in [-0.2, -0.15) is 10.5 Å². The van der Waals surface area contributed by atoms with E-state index in [1.54, 1.807) is 0 Å². The molecule has 0 aliphatic heterocycles. The van der Waals surface area contributed by atoms with E-state index in [4.69, 9.17) is 31.3 Å². The van der Waals surface area contributed by atoms with Crippen LogP contribution in [0, 0.1) is 47.0 Å². The van der Waals surface area contributed by atoms with Crippen LogP contribution in [0.3, 0.4) is 0 Å². The lowest BCUT2D eigenvalue weighted by atomic mass is 9.76. The van der Waals surface area contributed by atoms with Crippen molar-refractivity contribution in [3.8, 4) is 12.1 Å². The van der Waals surface area contributed by atoms with Gasteiger partial charge < -0.3 is 19.1 Å². The lowest BCUT2D eigenvalue weighted by molar-refractivity contribution is 0.00508. The fourth-order valence-corrected chi connectivity index (χ4v) is 3.21. The molecule has 0 aromatic rings. The SMILES string of the molecule is [C-]#[N+]CCOCC1CC(COCCC#N)CC(COCCC#N)C1. The molecule has 0 spiro atoms. The molecular weight excluding hydrogens is 306 g/mol. The largest absolute Gasteiger partial charge is 0.380 e. The Balaban J connectivity index is 2.38. The van der Waals surface area contributed by atoms with Crippen molar-refractivity contribution in [3.05, 3.63) is 11.4 Å². The highest BCUT2D eigenvalue weighted by molar-refractivity contribution is 4.80. The normalized spacial score (nSPS) is 23.1. The average molecular weight is 333 g/mol. The van der Waals surface area contributed by atoms with Crippen molar-refractivity contribution >= 4 is 0 Å². The third kappa shape index (κ3) is 9.48. The molecule has 1 aliphatic rings. The summed E-state index contributed by atoms with van der Waals surface area (Å²) in [7, 11) is 0. The Morgan fingerprint density at radius 2 is 1.21 bits per heavy atom. The summed E-state index contributed by atoms with van der Waals surface area (Å²) in [4.78, 5) is 3.30. The van der Waals surface area contributed by atoms with Crippen molar-refractivity contribution in [2.45, 2.75) is 32.1 Å². The zero-order valence-electron chi connectivity index (χ0n) is 14.3. The van der Waals surface area contributed by atoms with Gasteiger partial charge >= 0.3 is 0 Å². The molecule has 6 nitrogen and oxygen atoms in total. The molecule has 1 rings (SSSR count). The lowest BCUT2D eigenvalue weighted by Crippen LogP contribution is -2.31. The van der Waals surface area contributed by atoms with Crippen molar-refractivity contribution in [1.29, 1.82) is 10.5 Å². The van der Waals surface area contributed by atoms with Crippen molar-refractivity contribution < 1.29 is 14.2 Å². The summed E-state index contributed by atoms with van der Waals surface area (Å²) in [6.07, 6.45) is 4.02. The van der Waals surface area contributed by atoms with E-state index in [1.807, 2.05) is 0 Å². The van der Waals surface area contributed by atoms with Crippen LogP contribution in [0.25, 0.3) is 4.85 Å². The number of hydrogen-bond donors (Lipinski definition) is 0. The van der Waals surface area contributed by atoms with Crippen molar-refractivity contribution in [2.24, 2.45) is 17.8 Å². The number of hydrogen-bond acceptors (Lipinski definition) is 5. The van der Waals surface area contributed by atoms with Crippen LogP contribution in [-0.4, -0.2) is 46.2 Å². The van der Waals surface area contributed by atoms with Crippen LogP contribution in [-0.2, 0) is 14.2 Å². The molecule has 0 heterocycles. The predicted molar refractivity (Wildman–Crippen MR) is 88.7 cm³/mol. The molecule has 0 saturated heterocycles. The molecule has 132 valence electrons. The molecule has 2 unspecified atom stereocenters. The predicted octanol–water partition coefficient (Wildman–Crippen LogP) is 2.82. The van der Waals surface area contributed by atoms with Gasteiger partial charge in [-0.3, -0.25) is 0 Å². The molecule has 0 radical (unpaired) electrons. The van der Waals surface area contributed by atoms with E-state index >= 15 is 0 Å². The molecule has 6 heteroatoms. The third-order valence-electron chi connectivity index (χ3n) is 4.12. The Morgan fingerprint density at radius 3 is 1.58 bits per heavy atom. The fraction of sp³-hybridized carbons (Fsp3) is 0.833. The quantitative estimate of drug-likeness (QED) is 0.405. The number of ether oxygens (including phenoxy) is 3. The summed E-state index contributed by atoms with van der Waals surface area (Å²) in [6, 6.07) is 4.17. The van der Waals surface area contributed by atoms with E-state index in [-0.39, 0.29) is 0 Å². The van der Waals surface area contributed by atoms with E-state index in [0.717, 1.165) is 19.3 Å². The van der Waals surface area contributed by atoms with Crippen molar-refractivity contribution in [1.82, 2.24) is 0 Å². The first-order chi connectivity index (χ1) is 11.8. The molecule has 0 amide bonds. The molecule has 2 atom stereocenters. The minimum atomic E-state index is 0.411. The van der Waals surface area contributed by atoms with Gasteiger partial charge in [-0.25, -0.2) is 6.57 Å². The number of rotatable bonds is 12. The zero-order valence-corrected chi connectivity index (χ0v) is 14.3. The molecule has 24 heavy (non-hydrogen) atoms. The Hall–Kier alpha value is -1.65. The molecule has 0 aromatic carbocycles. The van der Waals surface area contributed by atoms with Gasteiger partial charge in [0, 0.05) is 19.8 Å². The summed E-state index contributed by atoms with van der Waals surface area (Å²) < 4.78 is 16.8. The first-order valence-corrected chi connectivity index (χ1v) is 8.60. The Labute approximate surface area is 145 Å². The minimum absolute atomic E-state index is 0.411. The van der Waals surface area contributed by atoms with Crippen LogP contribution in [0.1, 0.15) is 32.1 Å². The van der Waals surface area contributed by atoms with E-state index in [9.17, 15) is 0 Å². The van der Waals surface area contributed by atoms with Gasteiger partial charge in [-0.1, -0.05) is 0 Å². The molecule has 0 bridgehead atoms. The van der Waals surface area contributed by atoms with Gasteiger partial charge in [0.1, 0.15) is 6.61 Å². The summed E-state index contributed by atoms with van der Waals surface area (Å²) in [5, 5.41) is 17.1. The lowest BCUT2D eigenvalue weighted by Gasteiger charge is -2.34. The summed E-state index contributed by atoms with van der Waals surface area (Å²) >= 11 is 0. The topological polar surface area (TPSA) is 79.6 Å². The molecule has 0 aromatic heterocycles. The summed E-state index contributed by atoms with van der Waals surface area (Å²) in [6.45, 7) is 10.7. The average Bonchev–Trinajstić information content (AvgIpc) is 2.59. The molecule has 1 aliphatic carbocycles. The number of nitrogens with zero attached hydrogens (tertiary/aromatic N) is 3. The fourth-order valence-electron chi connectivity index (χ4n) is 3.21. The third-order valence-corrected chi connectivity index (χ3v) is 4.12. The first-order valence-electron chi connectivity index (χ1n) is 8.60. The van der Waals surface area contributed by atoms with Crippen LogP contribution in [0.15, 0.2) is 0 Å². The minimum Gasteiger partial charge on any atom is -0.380 e. The van der Waals surface area contributed by atoms with Gasteiger partial charge in [0.05, 0.1) is 38.2 Å². The van der Waals surface area contributed by atoms with Crippen LogP contribution in [0.5, 0.6) is 0 Å². The van der Waals surface area contributed by atoms with E-state index in [1.165, 1.54) is 0 Å². The Bertz CT molecular complexity index is 377. The maximum absolute atomic E-state index is 8.56. The number of nitriles is 2. The van der Waals surface area contributed by atoms with E-state index < -0.39 is 0 Å². The maximum Gasteiger partial charge on any atom is 0.237 e. The Morgan fingerprint density at radius 1 is 0.792 bits per heavy atom. The van der Waals surface area contributed by atoms with E-state index in [0.29, 0.717) is 76.8 Å². The highest BCUT2D eigenvalue weighted by Gasteiger charge is 2.29. The van der Waals surface area contributed by atoms with E-state index in [2.05, 4.69) is 17.0 Å². The van der Waals surface area contributed by atoms with Crippen molar-refractivity contribution in [3.63, 3.8) is 0 Å². The van der Waals surface area contributed by atoms with Crippen LogP contribution in [0.4, 0.5) is 0 Å². The van der Waals surface area contributed by atoms with Gasteiger partial charge in [0.2, 0.25) is 6.54 Å². The molecular formula is C18H27N3O3. The molecule has 1 saturated carbocycles. The monoisotopic (exact) mass is 333 g/mol. The Kier molecular flexibility index (Phi) is 11.7. The maximum atomic E-state index is 8.56. The second-order valence-electron chi connectivity index (χ2n) is 6.23. The van der Waals surface area contributed by atoms with Crippen LogP contribution in [0.2, 0.25) is 0 Å². The molecule has 0 N–H and O–H groups in total. The smallest absolute Gasteiger partial charge is 0.237 e. The highest BCUT2D eigenvalue weighted by atomic mass is 16.5. The summed E-state index contributed by atoms with van der Waals surface area (Å²) in [5.74, 6) is 1.37. The van der Waals surface area contributed by atoms with Gasteiger partial charge in [-0.05, 0) is 37.0 Å². The van der Waals surface area contributed by atoms with Gasteiger partial charge in [0.25, 0.3) is 0 Å². The highest BCUT2D eigenvalue weighted by Crippen LogP contribution is 2.34. The first kappa shape index (κ1) is 20.4.